The second-order valence-electron chi connectivity index (χ2n) is 9.34. The summed E-state index contributed by atoms with van der Waals surface area (Å²) in [5.41, 5.74) is 2.62. The van der Waals surface area contributed by atoms with Crippen molar-refractivity contribution in [3.05, 3.63) is 29.8 Å². The van der Waals surface area contributed by atoms with Crippen LogP contribution in [0, 0.1) is 0 Å². The van der Waals surface area contributed by atoms with Gasteiger partial charge in [-0.3, -0.25) is 14.7 Å². The molecule has 4 rings (SSSR count). The molecular weight excluding hydrogens is 529 g/mol. The summed E-state index contributed by atoms with van der Waals surface area (Å²) in [5.74, 6) is 1.70. The maximum absolute atomic E-state index is 12.1. The average molecular weight is 570 g/mol. The monoisotopic (exact) mass is 569 g/mol. The van der Waals surface area contributed by atoms with E-state index >= 15 is 0 Å². The molecule has 33 heavy (non-hydrogen) atoms. The van der Waals surface area contributed by atoms with Crippen molar-refractivity contribution in [1.29, 1.82) is 0 Å². The van der Waals surface area contributed by atoms with Gasteiger partial charge in [-0.1, -0.05) is 18.2 Å². The number of likely N-dealkylation sites (tertiary alicyclic amines) is 1. The Labute approximate surface area is 215 Å². The smallest absolute Gasteiger partial charge is 0.222 e. The minimum atomic E-state index is 0. The van der Waals surface area contributed by atoms with Crippen LogP contribution in [-0.4, -0.2) is 86.2 Å². The number of guanidine groups is 1. The van der Waals surface area contributed by atoms with Crippen LogP contribution in [0.1, 0.15) is 51.5 Å². The highest BCUT2D eigenvalue weighted by Gasteiger charge is 2.32. The van der Waals surface area contributed by atoms with Crippen molar-refractivity contribution in [2.24, 2.45) is 4.99 Å². The van der Waals surface area contributed by atoms with E-state index in [1.807, 2.05) is 4.90 Å². The Bertz CT molecular complexity index is 820. The average Bonchev–Trinajstić information content (AvgIpc) is 3.38. The van der Waals surface area contributed by atoms with Crippen LogP contribution in [0.2, 0.25) is 0 Å². The molecular formula is C25H40IN5O2. The number of nitrogens with zero attached hydrogens (tertiary/aromatic N) is 4. The number of rotatable bonds is 7. The van der Waals surface area contributed by atoms with Gasteiger partial charge in [0.25, 0.3) is 0 Å². The van der Waals surface area contributed by atoms with Crippen molar-refractivity contribution in [2.45, 2.75) is 58.0 Å². The van der Waals surface area contributed by atoms with E-state index in [2.05, 4.69) is 60.2 Å². The predicted octanol–water partition coefficient (Wildman–Crippen LogP) is 3.30. The number of carbonyl (C=O) groups is 1. The van der Waals surface area contributed by atoms with Gasteiger partial charge in [0.15, 0.2) is 5.96 Å². The quantitative estimate of drug-likeness (QED) is 0.311. The Morgan fingerprint density at radius 1 is 1.30 bits per heavy atom. The molecule has 1 amide bonds. The van der Waals surface area contributed by atoms with Crippen LogP contribution in [0.5, 0.6) is 0 Å². The molecule has 3 atom stereocenters. The summed E-state index contributed by atoms with van der Waals surface area (Å²) < 4.78 is 5.60. The molecule has 0 aromatic heterocycles. The van der Waals surface area contributed by atoms with Crippen LogP contribution in [0.3, 0.4) is 0 Å². The van der Waals surface area contributed by atoms with E-state index in [1.165, 1.54) is 11.3 Å². The fourth-order valence-corrected chi connectivity index (χ4v) is 5.31. The normalized spacial score (nSPS) is 24.6. The van der Waals surface area contributed by atoms with Crippen molar-refractivity contribution in [1.82, 2.24) is 15.1 Å². The van der Waals surface area contributed by atoms with E-state index in [0.29, 0.717) is 30.3 Å². The number of amides is 1. The molecule has 0 spiro atoms. The highest BCUT2D eigenvalue weighted by atomic mass is 127. The summed E-state index contributed by atoms with van der Waals surface area (Å²) in [7, 11) is 0. The molecule has 1 N–H and O–H groups in total. The topological polar surface area (TPSA) is 60.4 Å². The van der Waals surface area contributed by atoms with Gasteiger partial charge in [0, 0.05) is 62.8 Å². The first kappa shape index (κ1) is 26.2. The lowest BCUT2D eigenvalue weighted by atomic mass is 9.98. The number of nitrogens with one attached hydrogen (secondary N) is 1. The number of morpholine rings is 1. The third kappa shape index (κ3) is 6.19. The molecule has 0 radical (unpaired) electrons. The maximum atomic E-state index is 12.1. The molecule has 3 aliphatic heterocycles. The number of halogens is 1. The van der Waals surface area contributed by atoms with Crippen LogP contribution >= 0.6 is 24.0 Å². The molecule has 3 aliphatic rings. The van der Waals surface area contributed by atoms with E-state index in [0.717, 1.165) is 71.3 Å². The first-order valence-corrected chi connectivity index (χ1v) is 12.3. The summed E-state index contributed by atoms with van der Waals surface area (Å²) >= 11 is 0. The standard InChI is InChI=1S/C25H39N5O2.HI/c1-4-26-25(27-16-19(2)29-14-15-32-18-20(29)3)30-17-21(22-8-5-6-9-23(22)30)11-13-28-12-7-10-24(28)31;/h5-6,8-9,19-21H,4,7,10-18H2,1-3H3,(H,26,27);1H. The number of hydrogen-bond acceptors (Lipinski definition) is 4. The lowest BCUT2D eigenvalue weighted by Gasteiger charge is -2.37. The number of carbonyl (C=O) groups excluding carboxylic acids is 1. The fraction of sp³-hybridized carbons (Fsp3) is 0.680. The maximum Gasteiger partial charge on any atom is 0.222 e. The van der Waals surface area contributed by atoms with Gasteiger partial charge in [-0.15, -0.1) is 24.0 Å². The van der Waals surface area contributed by atoms with Gasteiger partial charge in [0.2, 0.25) is 5.91 Å². The van der Waals surface area contributed by atoms with E-state index in [1.54, 1.807) is 0 Å². The molecule has 0 bridgehead atoms. The number of fused-ring (bicyclic) bond motifs is 1. The first-order chi connectivity index (χ1) is 15.6. The molecule has 2 fully saturated rings. The molecule has 8 heteroatoms. The summed E-state index contributed by atoms with van der Waals surface area (Å²) in [4.78, 5) is 24.0. The van der Waals surface area contributed by atoms with E-state index in [4.69, 9.17) is 9.73 Å². The van der Waals surface area contributed by atoms with Crippen LogP contribution < -0.4 is 10.2 Å². The lowest BCUT2D eigenvalue weighted by Crippen LogP contribution is -2.50. The SMILES string of the molecule is CCNC(=NCC(C)N1CCOCC1C)N1CC(CCN2CCCC2=O)c2ccccc21.I. The molecule has 0 aliphatic carbocycles. The fourth-order valence-electron chi connectivity index (χ4n) is 5.31. The van der Waals surface area contributed by atoms with Crippen LogP contribution in [0.15, 0.2) is 29.3 Å². The zero-order chi connectivity index (χ0) is 22.5. The number of aliphatic imine (C=N–C) groups is 1. The molecule has 1 aromatic carbocycles. The van der Waals surface area contributed by atoms with Gasteiger partial charge in [-0.25, -0.2) is 0 Å². The molecule has 1 aromatic rings. The van der Waals surface area contributed by atoms with Gasteiger partial charge in [-0.05, 0) is 45.2 Å². The Balaban J connectivity index is 0.00000306. The van der Waals surface area contributed by atoms with Crippen molar-refractivity contribution in [3.8, 4) is 0 Å². The van der Waals surface area contributed by atoms with Crippen LogP contribution in [-0.2, 0) is 9.53 Å². The van der Waals surface area contributed by atoms with Gasteiger partial charge < -0.3 is 19.9 Å². The Morgan fingerprint density at radius 2 is 2.12 bits per heavy atom. The Morgan fingerprint density at radius 3 is 2.85 bits per heavy atom. The summed E-state index contributed by atoms with van der Waals surface area (Å²) in [5, 5.41) is 3.53. The molecule has 2 saturated heterocycles. The first-order valence-electron chi connectivity index (χ1n) is 12.3. The third-order valence-corrected chi connectivity index (χ3v) is 7.07. The highest BCUT2D eigenvalue weighted by Crippen LogP contribution is 2.38. The minimum Gasteiger partial charge on any atom is -0.379 e. The number of hydrogen-bond donors (Lipinski definition) is 1. The second-order valence-corrected chi connectivity index (χ2v) is 9.34. The summed E-state index contributed by atoms with van der Waals surface area (Å²) in [6.45, 7) is 13.5. The van der Waals surface area contributed by atoms with Crippen molar-refractivity contribution in [2.75, 3.05) is 57.4 Å². The number of para-hydroxylation sites is 1. The predicted molar refractivity (Wildman–Crippen MR) is 145 cm³/mol. The highest BCUT2D eigenvalue weighted by molar-refractivity contribution is 14.0. The molecule has 3 heterocycles. The Kier molecular flexibility index (Phi) is 9.81. The van der Waals surface area contributed by atoms with Gasteiger partial charge >= 0.3 is 0 Å². The zero-order valence-corrected chi connectivity index (χ0v) is 22.7. The third-order valence-electron chi connectivity index (χ3n) is 7.07. The van der Waals surface area contributed by atoms with Crippen molar-refractivity contribution in [3.63, 3.8) is 0 Å². The second kappa shape index (κ2) is 12.4. The van der Waals surface area contributed by atoms with Crippen molar-refractivity contribution < 1.29 is 9.53 Å². The minimum absolute atomic E-state index is 0. The van der Waals surface area contributed by atoms with E-state index in [-0.39, 0.29) is 24.0 Å². The Hall–Kier alpha value is -1.39. The van der Waals surface area contributed by atoms with Crippen LogP contribution in [0.25, 0.3) is 0 Å². The number of ether oxygens (including phenoxy) is 1. The lowest BCUT2D eigenvalue weighted by molar-refractivity contribution is -0.127. The largest absolute Gasteiger partial charge is 0.379 e. The van der Waals surface area contributed by atoms with Crippen LogP contribution in [0.4, 0.5) is 5.69 Å². The summed E-state index contributed by atoms with van der Waals surface area (Å²) in [6.07, 6.45) is 2.72. The van der Waals surface area contributed by atoms with Crippen molar-refractivity contribution >= 4 is 41.5 Å². The number of anilines is 1. The number of benzene rings is 1. The van der Waals surface area contributed by atoms with Gasteiger partial charge in [0.05, 0.1) is 19.8 Å². The van der Waals surface area contributed by atoms with Gasteiger partial charge in [-0.2, -0.15) is 0 Å². The molecule has 184 valence electrons. The molecule has 3 unspecified atom stereocenters. The summed E-state index contributed by atoms with van der Waals surface area (Å²) in [6, 6.07) is 9.49. The zero-order valence-electron chi connectivity index (χ0n) is 20.3. The van der Waals surface area contributed by atoms with Gasteiger partial charge in [0.1, 0.15) is 0 Å². The van der Waals surface area contributed by atoms with E-state index in [9.17, 15) is 4.79 Å². The molecule has 0 saturated carbocycles. The molecule has 7 nitrogen and oxygen atoms in total. The van der Waals surface area contributed by atoms with E-state index < -0.39 is 0 Å².